The summed E-state index contributed by atoms with van der Waals surface area (Å²) in [6.45, 7) is 7.21. The third kappa shape index (κ3) is 6.43. The molecule has 0 aliphatic carbocycles. The molecule has 1 saturated heterocycles. The maximum Gasteiger partial charge on any atom is 0.586 e. The second kappa shape index (κ2) is 11.5. The second-order valence-corrected chi connectivity index (χ2v) is 9.69. The van der Waals surface area contributed by atoms with Crippen LogP contribution in [0.5, 0.6) is 0 Å². The van der Waals surface area contributed by atoms with Gasteiger partial charge in [0.05, 0.1) is 11.3 Å². The van der Waals surface area contributed by atoms with Gasteiger partial charge in [-0.25, -0.2) is 9.97 Å². The van der Waals surface area contributed by atoms with Gasteiger partial charge in [0.1, 0.15) is 6.20 Å². The number of benzene rings is 2. The summed E-state index contributed by atoms with van der Waals surface area (Å²) in [6.07, 6.45) is 5.26. The first kappa shape index (κ1) is 25.6. The monoisotopic (exact) mass is 504 g/mol. The van der Waals surface area contributed by atoms with Crippen LogP contribution < -0.4 is 15.1 Å². The molecule has 2 aromatic carbocycles. The molecule has 190 valence electrons. The summed E-state index contributed by atoms with van der Waals surface area (Å²) in [4.78, 5) is 26.7. The van der Waals surface area contributed by atoms with Gasteiger partial charge in [0, 0.05) is 61.9 Å². The highest BCUT2D eigenvalue weighted by Gasteiger charge is 2.15. The molecular weight excluding hydrogens is 473 g/mol. The maximum atomic E-state index is 13.0. The van der Waals surface area contributed by atoms with Crippen molar-refractivity contribution in [3.05, 3.63) is 95.9 Å². The summed E-state index contributed by atoms with van der Waals surface area (Å²) < 4.78 is 1.49. The largest absolute Gasteiger partial charge is 0.586 e. The molecule has 1 amide bonds. The zero-order chi connectivity index (χ0) is 26.5. The number of carbonyl (C=O) groups is 1. The van der Waals surface area contributed by atoms with Crippen molar-refractivity contribution in [2.75, 3.05) is 43.9 Å². The van der Waals surface area contributed by atoms with E-state index in [-0.39, 0.29) is 5.91 Å². The fourth-order valence-corrected chi connectivity index (χ4v) is 4.41. The van der Waals surface area contributed by atoms with Crippen LogP contribution in [-0.4, -0.2) is 66.9 Å². The Kier molecular flexibility index (Phi) is 7.76. The van der Waals surface area contributed by atoms with Gasteiger partial charge in [0.25, 0.3) is 5.91 Å². The summed E-state index contributed by atoms with van der Waals surface area (Å²) in [5.41, 5.74) is 5.97. The first-order chi connectivity index (χ1) is 18.4. The Labute approximate surface area is 224 Å². The Hall–Kier alpha value is -4.08. The lowest BCUT2D eigenvalue weighted by Gasteiger charge is -2.32. The number of rotatable bonds is 7. The van der Waals surface area contributed by atoms with Crippen LogP contribution in [-0.2, 0) is 6.54 Å². The van der Waals surface area contributed by atoms with E-state index in [1.54, 1.807) is 18.6 Å². The summed E-state index contributed by atoms with van der Waals surface area (Å²) >= 11 is 0. The Balaban J connectivity index is 1.24. The van der Waals surface area contributed by atoms with Gasteiger partial charge in [-0.05, 0) is 61.5 Å². The molecule has 1 fully saturated rings. The quantitative estimate of drug-likeness (QED) is 0.376. The Morgan fingerprint density at radius 3 is 2.61 bits per heavy atom. The number of hydrogen-bond acceptors (Lipinski definition) is 6. The van der Waals surface area contributed by atoms with Gasteiger partial charge in [0.15, 0.2) is 6.20 Å². The van der Waals surface area contributed by atoms with Crippen molar-refractivity contribution in [3.8, 4) is 11.3 Å². The van der Waals surface area contributed by atoms with Crippen LogP contribution >= 0.6 is 0 Å². The van der Waals surface area contributed by atoms with Crippen LogP contribution in [0.2, 0.25) is 0 Å². The molecule has 2 aromatic heterocycles. The van der Waals surface area contributed by atoms with Crippen molar-refractivity contribution < 1.29 is 9.27 Å². The minimum absolute atomic E-state index is 0.150. The van der Waals surface area contributed by atoms with Gasteiger partial charge >= 0.3 is 7.98 Å². The molecule has 5 rings (SSSR count). The number of aromatic nitrogens is 3. The first-order valence-corrected chi connectivity index (χ1v) is 12.7. The molecule has 0 atom stereocenters. The average Bonchev–Trinajstić information content (AvgIpc) is 2.92. The lowest BCUT2D eigenvalue weighted by molar-refractivity contribution is -0.520. The number of piperazine rings is 1. The molecule has 2 radical (unpaired) electrons. The number of aryl methyl sites for hydroxylation is 1. The van der Waals surface area contributed by atoms with Crippen LogP contribution in [0.3, 0.4) is 0 Å². The predicted octanol–water partition coefficient (Wildman–Crippen LogP) is 3.41. The number of likely N-dealkylation sites (N-methyl/N-ethyl adjacent to an activating group) is 1. The normalized spacial score (nSPS) is 14.3. The Morgan fingerprint density at radius 2 is 1.84 bits per heavy atom. The smallest absolute Gasteiger partial charge is 0.324 e. The van der Waals surface area contributed by atoms with Crippen molar-refractivity contribution in [1.82, 2.24) is 19.8 Å². The van der Waals surface area contributed by atoms with Crippen LogP contribution in [0, 0.1) is 6.92 Å². The van der Waals surface area contributed by atoms with Crippen LogP contribution in [0.25, 0.3) is 11.3 Å². The van der Waals surface area contributed by atoms with Crippen molar-refractivity contribution in [2.24, 2.45) is 0 Å². The molecule has 1 aliphatic rings. The van der Waals surface area contributed by atoms with Crippen LogP contribution in [0.15, 0.2) is 79.3 Å². The summed E-state index contributed by atoms with van der Waals surface area (Å²) in [5, 5.41) is 6.29. The standard InChI is InChI=1S/C29H31BN7O/c1-21-5-10-25(18-27(21)34-29-31-12-11-26(33-29)24-4-3-13-37(30)20-24)32-28(38)23-8-6-22(7-9-23)19-36-16-14-35(2)15-17-36/h3-13,18,20H,14-17,19H2,1-2H3,(H,32,38)(H,31,33,34)/q+1. The van der Waals surface area contributed by atoms with Gasteiger partial charge < -0.3 is 15.5 Å². The van der Waals surface area contributed by atoms with Gasteiger partial charge in [-0.15, -0.1) is 0 Å². The van der Waals surface area contributed by atoms with Crippen LogP contribution in [0.4, 0.5) is 17.3 Å². The van der Waals surface area contributed by atoms with Crippen molar-refractivity contribution in [1.29, 1.82) is 0 Å². The lowest BCUT2D eigenvalue weighted by Crippen LogP contribution is -2.43. The lowest BCUT2D eigenvalue weighted by atomic mass is 10.1. The van der Waals surface area contributed by atoms with E-state index in [2.05, 4.69) is 37.4 Å². The number of nitrogens with zero attached hydrogens (tertiary/aromatic N) is 5. The average molecular weight is 504 g/mol. The predicted molar refractivity (Wildman–Crippen MR) is 150 cm³/mol. The summed E-state index contributed by atoms with van der Waals surface area (Å²) in [7, 11) is 8.00. The first-order valence-electron chi connectivity index (χ1n) is 12.7. The van der Waals surface area contributed by atoms with E-state index in [1.807, 2.05) is 67.6 Å². The molecular formula is C29H31BN7O+. The third-order valence-electron chi connectivity index (χ3n) is 6.73. The minimum Gasteiger partial charge on any atom is -0.324 e. The van der Waals surface area contributed by atoms with E-state index in [0.29, 0.717) is 17.2 Å². The number of amides is 1. The molecule has 4 aromatic rings. The van der Waals surface area contributed by atoms with E-state index in [9.17, 15) is 4.79 Å². The number of carbonyl (C=O) groups excluding carboxylic acids is 1. The zero-order valence-electron chi connectivity index (χ0n) is 21.8. The van der Waals surface area contributed by atoms with E-state index < -0.39 is 0 Å². The van der Waals surface area contributed by atoms with Crippen LogP contribution in [0.1, 0.15) is 21.5 Å². The van der Waals surface area contributed by atoms with E-state index in [0.717, 1.165) is 55.2 Å². The highest BCUT2D eigenvalue weighted by molar-refractivity contribution is 6.04. The van der Waals surface area contributed by atoms with Crippen molar-refractivity contribution in [3.63, 3.8) is 0 Å². The highest BCUT2D eigenvalue weighted by Crippen LogP contribution is 2.24. The molecule has 0 saturated carbocycles. The van der Waals surface area contributed by atoms with E-state index >= 15 is 0 Å². The molecule has 0 bridgehead atoms. The topological polar surface area (TPSA) is 77.3 Å². The molecule has 0 unspecified atom stereocenters. The Morgan fingerprint density at radius 1 is 1.05 bits per heavy atom. The molecule has 8 nitrogen and oxygen atoms in total. The Bertz CT molecular complexity index is 1420. The van der Waals surface area contributed by atoms with Gasteiger partial charge in [-0.3, -0.25) is 14.2 Å². The third-order valence-corrected chi connectivity index (χ3v) is 6.73. The molecule has 1 aliphatic heterocycles. The van der Waals surface area contributed by atoms with Gasteiger partial charge in [-0.2, -0.15) is 0 Å². The van der Waals surface area contributed by atoms with Crippen molar-refractivity contribution >= 4 is 31.2 Å². The summed E-state index contributed by atoms with van der Waals surface area (Å²) in [5.74, 6) is 0.306. The number of pyridine rings is 1. The minimum atomic E-state index is -0.150. The fraction of sp³-hybridized carbons (Fsp3) is 0.241. The highest BCUT2D eigenvalue weighted by atomic mass is 16.1. The number of hydrogen-bond donors (Lipinski definition) is 2. The maximum absolute atomic E-state index is 13.0. The number of nitrogens with one attached hydrogen (secondary N) is 2. The molecule has 2 N–H and O–H groups in total. The van der Waals surface area contributed by atoms with Crippen molar-refractivity contribution in [2.45, 2.75) is 13.5 Å². The molecule has 9 heteroatoms. The summed E-state index contributed by atoms with van der Waals surface area (Å²) in [6, 6.07) is 19.2. The SMILES string of the molecule is [B][n+]1cccc(-c2ccnc(Nc3cc(NC(=O)c4ccc(CN5CCN(C)CC5)cc4)ccc3C)n2)c1. The molecule has 0 spiro atoms. The van der Waals surface area contributed by atoms with E-state index in [1.165, 1.54) is 10.0 Å². The van der Waals surface area contributed by atoms with Gasteiger partial charge in [0.2, 0.25) is 5.95 Å². The molecule has 3 heterocycles. The van der Waals surface area contributed by atoms with Gasteiger partial charge in [-0.1, -0.05) is 18.2 Å². The number of anilines is 3. The zero-order valence-corrected chi connectivity index (χ0v) is 21.8. The van der Waals surface area contributed by atoms with E-state index in [4.69, 9.17) is 7.98 Å². The molecule has 38 heavy (non-hydrogen) atoms. The second-order valence-electron chi connectivity index (χ2n) is 9.69. The fourth-order valence-electron chi connectivity index (χ4n) is 4.41.